The van der Waals surface area contributed by atoms with E-state index < -0.39 is 19.4 Å². The van der Waals surface area contributed by atoms with E-state index >= 15 is 0 Å². The molecule has 0 saturated heterocycles. The maximum absolute atomic E-state index is 9.69. The van der Waals surface area contributed by atoms with Crippen LogP contribution in [0.4, 0.5) is 0 Å². The number of rotatable bonds is 2. The summed E-state index contributed by atoms with van der Waals surface area (Å²) in [6.45, 7) is 3.09. The minimum atomic E-state index is -4.81. The predicted octanol–water partition coefficient (Wildman–Crippen LogP) is -4.73. The number of allylic oxidation sites excluding steroid dienone is 1. The maximum Gasteiger partial charge on any atom is 1.00 e. The number of hydrogen-bond donors (Lipinski definition) is 0. The van der Waals surface area contributed by atoms with Crippen LogP contribution in [0.3, 0.4) is 0 Å². The summed E-state index contributed by atoms with van der Waals surface area (Å²) in [6, 6.07) is 0. The van der Waals surface area contributed by atoms with E-state index in [9.17, 15) is 11.9 Å². The van der Waals surface area contributed by atoms with Gasteiger partial charge in [0.2, 0.25) is 0 Å². The molecule has 42 valence electrons. The Balaban J connectivity index is 0. The van der Waals surface area contributed by atoms with Gasteiger partial charge in [-0.25, -0.2) is 0 Å². The van der Waals surface area contributed by atoms with Crippen molar-refractivity contribution >= 4 is 14.2 Å². The minimum absolute atomic E-state index is 0. The molecule has 0 aliphatic rings. The topological polar surface area (TPSA) is 63.2 Å². The molecular weight excluding hydrogens is 182 g/mol. The van der Waals surface area contributed by atoms with Gasteiger partial charge in [-0.15, -0.1) is 0 Å². The molecule has 0 aliphatic carbocycles. The van der Waals surface area contributed by atoms with Gasteiger partial charge in [0.25, 0.3) is 0 Å². The van der Waals surface area contributed by atoms with Gasteiger partial charge in [0.05, 0.1) is 0 Å². The first-order chi connectivity index (χ1) is 3.06. The van der Waals surface area contributed by atoms with E-state index in [4.69, 9.17) is 0 Å². The second-order valence-corrected chi connectivity index (χ2v) is 4.41. The van der Waals surface area contributed by atoms with Crippen molar-refractivity contribution in [3.63, 3.8) is 0 Å². The summed E-state index contributed by atoms with van der Waals surface area (Å²) in [4.78, 5) is 0. The van der Waals surface area contributed by atoms with Gasteiger partial charge in [-0.2, -0.15) is 0 Å². The molecule has 0 fully saturated rings. The third kappa shape index (κ3) is 10.1. The van der Waals surface area contributed by atoms with E-state index in [1.54, 1.807) is 0 Å². The fourth-order valence-electron chi connectivity index (χ4n) is 0.158. The Bertz CT molecular complexity index is 107. The van der Waals surface area contributed by atoms with Crippen molar-refractivity contribution in [2.24, 2.45) is 0 Å². The molecule has 0 saturated carbocycles. The van der Waals surface area contributed by atoms with Crippen LogP contribution in [0.5, 0.6) is 0 Å². The van der Waals surface area contributed by atoms with Gasteiger partial charge in [-0.05, 0) is 0 Å². The van der Waals surface area contributed by atoms with Gasteiger partial charge in [0, 0.05) is 0 Å². The molecule has 8 heavy (non-hydrogen) atoms. The molecule has 0 spiro atoms. The van der Waals surface area contributed by atoms with E-state index in [-0.39, 0.29) is 29.6 Å². The molecule has 0 aromatic heterocycles. The smallest absolute Gasteiger partial charge is 1.00 e. The summed E-state index contributed by atoms with van der Waals surface area (Å²) in [7, 11) is 0. The zero-order valence-corrected chi connectivity index (χ0v) is 8.54. The van der Waals surface area contributed by atoms with Gasteiger partial charge < -0.3 is 0 Å². The fraction of sp³-hybridized carbons (Fsp3) is 0.333. The molecule has 0 radical (unpaired) electrons. The molecular formula is C3H5AsNaO3-. The quantitative estimate of drug-likeness (QED) is 0.322. The van der Waals surface area contributed by atoms with E-state index in [0.29, 0.717) is 0 Å². The molecule has 3 nitrogen and oxygen atoms in total. The van der Waals surface area contributed by atoms with Crippen LogP contribution < -0.4 is 37.7 Å². The van der Waals surface area contributed by atoms with E-state index in [1.807, 2.05) is 0 Å². The Kier molecular flexibility index (Phi) is 7.15. The van der Waals surface area contributed by atoms with Gasteiger partial charge >= 0.3 is 73.5 Å². The Morgan fingerprint density at radius 3 is 2.00 bits per heavy atom. The third-order valence-electron chi connectivity index (χ3n) is 0.353. The second-order valence-electron chi connectivity index (χ2n) is 1.08. The van der Waals surface area contributed by atoms with Crippen LogP contribution in [0.1, 0.15) is 0 Å². The molecule has 0 N–H and O–H groups in total. The molecule has 0 unspecified atom stereocenters. The largest absolute Gasteiger partial charge is 1.00 e. The van der Waals surface area contributed by atoms with Crippen LogP contribution in [-0.4, -0.2) is 14.2 Å². The summed E-state index contributed by atoms with van der Waals surface area (Å²) in [5.41, 5.74) is 0. The summed E-state index contributed by atoms with van der Waals surface area (Å²) < 4.78 is 29.1. The summed E-state index contributed by atoms with van der Waals surface area (Å²) in [5, 5.41) is -0.391. The van der Waals surface area contributed by atoms with Crippen molar-refractivity contribution in [3.05, 3.63) is 12.7 Å². The Morgan fingerprint density at radius 1 is 1.62 bits per heavy atom. The van der Waals surface area contributed by atoms with Crippen molar-refractivity contribution < 1.29 is 41.5 Å². The van der Waals surface area contributed by atoms with E-state index in [2.05, 4.69) is 6.58 Å². The van der Waals surface area contributed by atoms with Crippen LogP contribution >= 0.6 is 0 Å². The molecule has 0 aromatic carbocycles. The van der Waals surface area contributed by atoms with Gasteiger partial charge in [-0.1, -0.05) is 0 Å². The standard InChI is InChI=1S/C3H7AsO3.Na/c1-2-3-4(5,6)7;/h2H,1,3H2,(H2,5,6,7);/q;+1/p-2. The van der Waals surface area contributed by atoms with Crippen molar-refractivity contribution in [2.45, 2.75) is 5.21 Å². The van der Waals surface area contributed by atoms with Crippen LogP contribution in [0, 0.1) is 0 Å². The summed E-state index contributed by atoms with van der Waals surface area (Å²) in [6.07, 6.45) is 1.10. The summed E-state index contributed by atoms with van der Waals surface area (Å²) in [5.74, 6) is 0. The molecule has 0 atom stereocenters. The SMILES string of the molecule is C=CC[As](=O)([O-])[O-].[Na+]. The van der Waals surface area contributed by atoms with Gasteiger partial charge in [0.1, 0.15) is 0 Å². The van der Waals surface area contributed by atoms with Crippen molar-refractivity contribution in [3.8, 4) is 0 Å². The first kappa shape index (κ1) is 11.8. The van der Waals surface area contributed by atoms with Crippen LogP contribution in [0.25, 0.3) is 0 Å². The normalized spacial score (nSPS) is 9.75. The van der Waals surface area contributed by atoms with Crippen LogP contribution in [0.15, 0.2) is 12.7 Å². The zero-order valence-electron chi connectivity index (χ0n) is 4.66. The molecule has 0 aliphatic heterocycles. The van der Waals surface area contributed by atoms with E-state index in [0.717, 1.165) is 6.08 Å². The molecule has 0 amide bonds. The molecule has 0 bridgehead atoms. The monoisotopic (exact) mass is 187 g/mol. The summed E-state index contributed by atoms with van der Waals surface area (Å²) >= 11 is -4.81. The average Bonchev–Trinajstić information content (AvgIpc) is 1.30. The Hall–Kier alpha value is 1.02. The van der Waals surface area contributed by atoms with E-state index in [1.165, 1.54) is 0 Å². The molecule has 0 rings (SSSR count). The third-order valence-corrected chi connectivity index (χ3v) is 1.83. The van der Waals surface area contributed by atoms with Crippen molar-refractivity contribution in [2.75, 3.05) is 0 Å². The first-order valence-electron chi connectivity index (χ1n) is 1.68. The maximum atomic E-state index is 9.69. The fourth-order valence-corrected chi connectivity index (χ4v) is 0.822. The molecule has 5 heteroatoms. The molecule has 0 heterocycles. The van der Waals surface area contributed by atoms with Crippen molar-refractivity contribution in [1.29, 1.82) is 0 Å². The second kappa shape index (κ2) is 4.86. The Morgan fingerprint density at radius 2 is 2.00 bits per heavy atom. The van der Waals surface area contributed by atoms with Crippen molar-refractivity contribution in [1.82, 2.24) is 0 Å². The van der Waals surface area contributed by atoms with Crippen LogP contribution in [-0.2, 0) is 3.74 Å². The Labute approximate surface area is 73.1 Å². The average molecular weight is 187 g/mol. The minimum Gasteiger partial charge on any atom is 1.00 e. The first-order valence-corrected chi connectivity index (χ1v) is 5.31. The number of hydrogen-bond acceptors (Lipinski definition) is 3. The van der Waals surface area contributed by atoms with Gasteiger partial charge in [-0.3, -0.25) is 0 Å². The predicted molar refractivity (Wildman–Crippen MR) is 21.4 cm³/mol. The van der Waals surface area contributed by atoms with Gasteiger partial charge in [0.15, 0.2) is 0 Å². The van der Waals surface area contributed by atoms with Crippen LogP contribution in [0.2, 0.25) is 5.21 Å². The zero-order chi connectivity index (χ0) is 5.91. The molecule has 0 aromatic rings.